The Morgan fingerprint density at radius 1 is 1.82 bits per heavy atom. The predicted octanol–water partition coefficient (Wildman–Crippen LogP) is 0.250. The Labute approximate surface area is 65.6 Å². The molecule has 4 heteroatoms. The van der Waals surface area contributed by atoms with Crippen molar-refractivity contribution in [3.05, 3.63) is 0 Å². The summed E-state index contributed by atoms with van der Waals surface area (Å²) >= 11 is 0. The van der Waals surface area contributed by atoms with Crippen molar-refractivity contribution in [1.82, 2.24) is 0 Å². The van der Waals surface area contributed by atoms with Crippen LogP contribution in [0.25, 0.3) is 0 Å². The Morgan fingerprint density at radius 3 is 3.18 bits per heavy atom. The summed E-state index contributed by atoms with van der Waals surface area (Å²) < 4.78 is 5.15. The van der Waals surface area contributed by atoms with Crippen LogP contribution in [0, 0.1) is 17.2 Å². The summed E-state index contributed by atoms with van der Waals surface area (Å²) in [5, 5.41) is 11.9. The van der Waals surface area contributed by atoms with Gasteiger partial charge < -0.3 is 10.6 Å². The molecule has 1 saturated heterocycles. The fourth-order valence-corrected chi connectivity index (χ4v) is 1.16. The standard InChI is InChI=1S/C7H11N3O/c8-4-7-3-6(5-11-7)1-2-10-9/h2,6-7H,1,3,5,9H2. The van der Waals surface area contributed by atoms with Crippen LogP contribution in [-0.4, -0.2) is 18.9 Å². The van der Waals surface area contributed by atoms with Gasteiger partial charge in [0.25, 0.3) is 0 Å². The van der Waals surface area contributed by atoms with Crippen LogP contribution in [0.2, 0.25) is 0 Å². The van der Waals surface area contributed by atoms with Crippen LogP contribution in [0.15, 0.2) is 5.10 Å². The lowest BCUT2D eigenvalue weighted by atomic mass is 10.0. The lowest BCUT2D eigenvalue weighted by Crippen LogP contribution is -2.01. The zero-order valence-electron chi connectivity index (χ0n) is 6.23. The Morgan fingerprint density at radius 2 is 2.64 bits per heavy atom. The molecule has 11 heavy (non-hydrogen) atoms. The molecule has 0 aromatic heterocycles. The average molecular weight is 153 g/mol. The van der Waals surface area contributed by atoms with Gasteiger partial charge in [0.15, 0.2) is 0 Å². The summed E-state index contributed by atoms with van der Waals surface area (Å²) in [6, 6.07) is 2.07. The minimum atomic E-state index is -0.217. The van der Waals surface area contributed by atoms with E-state index in [1.807, 2.05) is 0 Å². The summed E-state index contributed by atoms with van der Waals surface area (Å²) in [4.78, 5) is 0. The molecule has 4 nitrogen and oxygen atoms in total. The average Bonchev–Trinajstić information content (AvgIpc) is 2.48. The van der Waals surface area contributed by atoms with Crippen LogP contribution >= 0.6 is 0 Å². The fourth-order valence-electron chi connectivity index (χ4n) is 1.16. The normalized spacial score (nSPS) is 30.8. The summed E-state index contributed by atoms with van der Waals surface area (Å²) in [7, 11) is 0. The molecular formula is C7H11N3O. The highest BCUT2D eigenvalue weighted by Crippen LogP contribution is 2.20. The zero-order valence-corrected chi connectivity index (χ0v) is 6.23. The molecule has 2 N–H and O–H groups in total. The molecule has 0 aromatic rings. The van der Waals surface area contributed by atoms with Crippen molar-refractivity contribution in [1.29, 1.82) is 5.26 Å². The van der Waals surface area contributed by atoms with Crippen LogP contribution in [-0.2, 0) is 4.74 Å². The molecule has 1 aliphatic rings. The first-order valence-corrected chi connectivity index (χ1v) is 3.59. The van der Waals surface area contributed by atoms with E-state index >= 15 is 0 Å². The highest BCUT2D eigenvalue weighted by Gasteiger charge is 2.23. The Balaban J connectivity index is 2.26. The van der Waals surface area contributed by atoms with Crippen molar-refractivity contribution >= 4 is 6.21 Å². The molecule has 0 aromatic carbocycles. The molecule has 2 unspecified atom stereocenters. The smallest absolute Gasteiger partial charge is 0.144 e. The van der Waals surface area contributed by atoms with Crippen LogP contribution in [0.5, 0.6) is 0 Å². The quantitative estimate of drug-likeness (QED) is 0.351. The maximum absolute atomic E-state index is 8.48. The van der Waals surface area contributed by atoms with Gasteiger partial charge >= 0.3 is 0 Å². The maximum Gasteiger partial charge on any atom is 0.144 e. The molecule has 1 fully saturated rings. The van der Waals surface area contributed by atoms with Gasteiger partial charge in [0.2, 0.25) is 0 Å². The minimum absolute atomic E-state index is 0.217. The Bertz CT molecular complexity index is 185. The highest BCUT2D eigenvalue weighted by atomic mass is 16.5. The minimum Gasteiger partial charge on any atom is -0.363 e. The van der Waals surface area contributed by atoms with E-state index in [0.717, 1.165) is 12.8 Å². The monoisotopic (exact) mass is 153 g/mol. The van der Waals surface area contributed by atoms with Gasteiger partial charge in [0.05, 0.1) is 12.7 Å². The summed E-state index contributed by atoms with van der Waals surface area (Å²) in [6.45, 7) is 0.657. The number of nitrogens with two attached hydrogens (primary N) is 1. The largest absolute Gasteiger partial charge is 0.363 e. The summed E-state index contributed by atoms with van der Waals surface area (Å²) in [5.41, 5.74) is 0. The molecule has 0 radical (unpaired) electrons. The van der Waals surface area contributed by atoms with Crippen molar-refractivity contribution < 1.29 is 4.74 Å². The second-order valence-corrected chi connectivity index (χ2v) is 2.62. The van der Waals surface area contributed by atoms with E-state index in [2.05, 4.69) is 11.2 Å². The molecule has 0 saturated carbocycles. The van der Waals surface area contributed by atoms with E-state index in [9.17, 15) is 0 Å². The third-order valence-corrected chi connectivity index (χ3v) is 1.77. The molecule has 1 rings (SSSR count). The van der Waals surface area contributed by atoms with Gasteiger partial charge in [0, 0.05) is 6.21 Å². The summed E-state index contributed by atoms with van der Waals surface area (Å²) in [5.74, 6) is 5.36. The third-order valence-electron chi connectivity index (χ3n) is 1.77. The molecule has 0 amide bonds. The van der Waals surface area contributed by atoms with Crippen molar-refractivity contribution in [2.75, 3.05) is 6.61 Å². The molecule has 0 aliphatic carbocycles. The van der Waals surface area contributed by atoms with Crippen LogP contribution in [0.4, 0.5) is 0 Å². The second-order valence-electron chi connectivity index (χ2n) is 2.62. The first-order chi connectivity index (χ1) is 5.36. The molecule has 60 valence electrons. The number of hydrazone groups is 1. The lowest BCUT2D eigenvalue weighted by Gasteiger charge is -1.98. The molecule has 1 heterocycles. The van der Waals surface area contributed by atoms with Crippen LogP contribution in [0.1, 0.15) is 12.8 Å². The summed E-state index contributed by atoms with van der Waals surface area (Å²) in [6.07, 6.45) is 3.07. The zero-order chi connectivity index (χ0) is 8.10. The van der Waals surface area contributed by atoms with Gasteiger partial charge in [-0.15, -0.1) is 0 Å². The molecule has 1 aliphatic heterocycles. The third kappa shape index (κ3) is 2.20. The molecule has 0 spiro atoms. The maximum atomic E-state index is 8.48. The number of hydrogen-bond acceptors (Lipinski definition) is 4. The van der Waals surface area contributed by atoms with E-state index in [4.69, 9.17) is 15.8 Å². The number of ether oxygens (including phenoxy) is 1. The van der Waals surface area contributed by atoms with E-state index in [-0.39, 0.29) is 6.10 Å². The number of nitrogens with zero attached hydrogens (tertiary/aromatic N) is 2. The molecular weight excluding hydrogens is 142 g/mol. The van der Waals surface area contributed by atoms with E-state index in [1.165, 1.54) is 0 Å². The van der Waals surface area contributed by atoms with Crippen molar-refractivity contribution in [3.63, 3.8) is 0 Å². The van der Waals surface area contributed by atoms with E-state index in [1.54, 1.807) is 6.21 Å². The number of hydrogen-bond donors (Lipinski definition) is 1. The van der Waals surface area contributed by atoms with Crippen LogP contribution in [0.3, 0.4) is 0 Å². The number of rotatable bonds is 2. The topological polar surface area (TPSA) is 71.4 Å². The molecule has 0 bridgehead atoms. The van der Waals surface area contributed by atoms with E-state index < -0.39 is 0 Å². The fraction of sp³-hybridized carbons (Fsp3) is 0.714. The SMILES string of the molecule is N#CC1CC(CC=NN)CO1. The van der Waals surface area contributed by atoms with Gasteiger partial charge in [-0.2, -0.15) is 10.4 Å². The van der Waals surface area contributed by atoms with Gasteiger partial charge in [-0.1, -0.05) is 0 Å². The van der Waals surface area contributed by atoms with Crippen molar-refractivity contribution in [2.45, 2.75) is 18.9 Å². The lowest BCUT2D eigenvalue weighted by molar-refractivity contribution is 0.144. The van der Waals surface area contributed by atoms with Crippen LogP contribution < -0.4 is 5.84 Å². The van der Waals surface area contributed by atoms with Crippen molar-refractivity contribution in [3.8, 4) is 6.07 Å². The Kier molecular flexibility index (Phi) is 2.87. The molecule has 2 atom stereocenters. The van der Waals surface area contributed by atoms with Gasteiger partial charge in [0.1, 0.15) is 6.10 Å². The van der Waals surface area contributed by atoms with Gasteiger partial charge in [-0.25, -0.2) is 0 Å². The second kappa shape index (κ2) is 3.94. The number of nitriles is 1. The van der Waals surface area contributed by atoms with Gasteiger partial charge in [-0.3, -0.25) is 0 Å². The van der Waals surface area contributed by atoms with Gasteiger partial charge in [-0.05, 0) is 18.8 Å². The first-order valence-electron chi connectivity index (χ1n) is 3.59. The van der Waals surface area contributed by atoms with E-state index in [0.29, 0.717) is 12.5 Å². The Hall–Kier alpha value is -1.08. The van der Waals surface area contributed by atoms with Crippen molar-refractivity contribution in [2.24, 2.45) is 16.9 Å². The highest BCUT2D eigenvalue weighted by molar-refractivity contribution is 5.57. The predicted molar refractivity (Wildman–Crippen MR) is 40.8 cm³/mol. The first kappa shape index (κ1) is 8.02.